The highest BCUT2D eigenvalue weighted by atomic mass is 14.9. The van der Waals surface area contributed by atoms with Gasteiger partial charge in [0.1, 0.15) is 0 Å². The lowest BCUT2D eigenvalue weighted by Crippen LogP contribution is -2.00. The molecule has 0 aliphatic heterocycles. The summed E-state index contributed by atoms with van der Waals surface area (Å²) in [5.74, 6) is 0.697. The van der Waals surface area contributed by atoms with Gasteiger partial charge in [-0.3, -0.25) is 4.98 Å². The van der Waals surface area contributed by atoms with Gasteiger partial charge in [-0.05, 0) is 28.3 Å². The molecule has 2 heterocycles. The molecule has 0 bridgehead atoms. The van der Waals surface area contributed by atoms with Crippen LogP contribution in [0.1, 0.15) is 0 Å². The summed E-state index contributed by atoms with van der Waals surface area (Å²) in [6.45, 7) is 0. The van der Waals surface area contributed by atoms with Crippen LogP contribution in [0.4, 0.5) is 0 Å². The second-order valence-corrected chi connectivity index (χ2v) is 11.3. The van der Waals surface area contributed by atoms with E-state index in [0.717, 1.165) is 72.4 Å². The Bertz CT molecular complexity index is 2200. The summed E-state index contributed by atoms with van der Waals surface area (Å²) in [4.78, 5) is 15.1. The van der Waals surface area contributed by atoms with E-state index in [4.69, 9.17) is 9.97 Å². The normalized spacial score (nSPS) is 11.0. The number of aromatic nitrogens is 3. The Morgan fingerprint density at radius 2 is 0.804 bits per heavy atom. The van der Waals surface area contributed by atoms with Crippen LogP contribution < -0.4 is 0 Å². The zero-order chi connectivity index (χ0) is 30.7. The Kier molecular flexibility index (Phi) is 7.18. The number of para-hydroxylation sites is 1. The van der Waals surface area contributed by atoms with E-state index in [-0.39, 0.29) is 0 Å². The summed E-state index contributed by atoms with van der Waals surface area (Å²) in [6.07, 6.45) is 1.85. The Hall–Kier alpha value is -6.19. The summed E-state index contributed by atoms with van der Waals surface area (Å²) in [5.41, 5.74) is 12.6. The van der Waals surface area contributed by atoms with E-state index in [1.165, 1.54) is 0 Å². The molecule has 0 saturated heterocycles. The highest BCUT2D eigenvalue weighted by molar-refractivity contribution is 5.94. The van der Waals surface area contributed by atoms with Crippen molar-refractivity contribution in [1.82, 2.24) is 15.0 Å². The average Bonchev–Trinajstić information content (AvgIpc) is 3.15. The van der Waals surface area contributed by atoms with Crippen LogP contribution in [0.3, 0.4) is 0 Å². The van der Waals surface area contributed by atoms with Crippen LogP contribution in [0.25, 0.3) is 78.2 Å². The van der Waals surface area contributed by atoms with Crippen molar-refractivity contribution in [2.45, 2.75) is 0 Å². The van der Waals surface area contributed by atoms with Crippen molar-refractivity contribution in [3.05, 3.63) is 176 Å². The Balaban J connectivity index is 1.20. The fourth-order valence-electron chi connectivity index (χ4n) is 6.07. The Labute approximate surface area is 268 Å². The fourth-order valence-corrected chi connectivity index (χ4v) is 6.07. The number of hydrogen-bond acceptors (Lipinski definition) is 3. The summed E-state index contributed by atoms with van der Waals surface area (Å²) < 4.78 is 0. The van der Waals surface area contributed by atoms with Gasteiger partial charge < -0.3 is 0 Å². The second kappa shape index (κ2) is 12.1. The van der Waals surface area contributed by atoms with Crippen LogP contribution in [0.2, 0.25) is 0 Å². The smallest absolute Gasteiger partial charge is 0.160 e. The predicted octanol–water partition coefficient (Wildman–Crippen LogP) is 11.0. The number of hydrogen-bond donors (Lipinski definition) is 0. The van der Waals surface area contributed by atoms with E-state index in [9.17, 15) is 0 Å². The van der Waals surface area contributed by atoms with Gasteiger partial charge in [0.25, 0.3) is 0 Å². The third-order valence-corrected chi connectivity index (χ3v) is 8.37. The molecule has 2 aromatic heterocycles. The molecule has 0 unspecified atom stereocenters. The molecule has 0 amide bonds. The lowest BCUT2D eigenvalue weighted by Gasteiger charge is -2.17. The van der Waals surface area contributed by atoms with Crippen molar-refractivity contribution >= 4 is 10.9 Å². The summed E-state index contributed by atoms with van der Waals surface area (Å²) >= 11 is 0. The van der Waals surface area contributed by atoms with Crippen LogP contribution >= 0.6 is 0 Å². The molecule has 8 rings (SSSR count). The van der Waals surface area contributed by atoms with Crippen LogP contribution in [0, 0.1) is 0 Å². The maximum absolute atomic E-state index is 5.23. The van der Waals surface area contributed by atoms with E-state index >= 15 is 0 Å². The predicted molar refractivity (Wildman–Crippen MR) is 190 cm³/mol. The second-order valence-electron chi connectivity index (χ2n) is 11.3. The summed E-state index contributed by atoms with van der Waals surface area (Å²) in [5, 5.41) is 1.14. The SMILES string of the molecule is c1ccc(-c2nc(-c3ccc(-c4ccc(-c5cccc6cccnc56)cc4)cc3)nc(-c3ccccc3)c2-c2ccccc2)cc1. The monoisotopic (exact) mass is 587 g/mol. The average molecular weight is 588 g/mol. The number of nitrogens with zero attached hydrogens (tertiary/aromatic N) is 3. The van der Waals surface area contributed by atoms with Crippen LogP contribution in [-0.4, -0.2) is 15.0 Å². The lowest BCUT2D eigenvalue weighted by molar-refractivity contribution is 1.18. The highest BCUT2D eigenvalue weighted by Gasteiger charge is 2.20. The molecular weight excluding hydrogens is 558 g/mol. The first kappa shape index (κ1) is 27.4. The van der Waals surface area contributed by atoms with Crippen molar-refractivity contribution in [1.29, 1.82) is 0 Å². The molecular formula is C43H29N3. The minimum atomic E-state index is 0.697. The first-order valence-corrected chi connectivity index (χ1v) is 15.5. The maximum atomic E-state index is 5.23. The van der Waals surface area contributed by atoms with Gasteiger partial charge in [-0.15, -0.1) is 0 Å². The number of fused-ring (bicyclic) bond motifs is 1. The topological polar surface area (TPSA) is 38.7 Å². The van der Waals surface area contributed by atoms with Crippen molar-refractivity contribution in [2.75, 3.05) is 0 Å². The quantitative estimate of drug-likeness (QED) is 0.194. The van der Waals surface area contributed by atoms with Crippen LogP contribution in [-0.2, 0) is 0 Å². The van der Waals surface area contributed by atoms with E-state index in [2.05, 4.69) is 151 Å². The van der Waals surface area contributed by atoms with Gasteiger partial charge in [0.15, 0.2) is 5.82 Å². The summed E-state index contributed by atoms with van der Waals surface area (Å²) in [7, 11) is 0. The third-order valence-electron chi connectivity index (χ3n) is 8.37. The molecule has 216 valence electrons. The molecule has 46 heavy (non-hydrogen) atoms. The van der Waals surface area contributed by atoms with E-state index in [1.54, 1.807) is 0 Å². The molecule has 0 spiro atoms. The van der Waals surface area contributed by atoms with Gasteiger partial charge in [-0.1, -0.05) is 164 Å². The number of pyridine rings is 1. The molecule has 0 saturated carbocycles. The van der Waals surface area contributed by atoms with Crippen LogP contribution in [0.15, 0.2) is 176 Å². The van der Waals surface area contributed by atoms with E-state index < -0.39 is 0 Å². The van der Waals surface area contributed by atoms with Gasteiger partial charge in [-0.2, -0.15) is 0 Å². The zero-order valence-electron chi connectivity index (χ0n) is 25.1. The molecule has 3 heteroatoms. The van der Waals surface area contributed by atoms with E-state index in [0.29, 0.717) is 5.82 Å². The molecule has 0 radical (unpaired) electrons. The maximum Gasteiger partial charge on any atom is 0.160 e. The van der Waals surface area contributed by atoms with Gasteiger partial charge >= 0.3 is 0 Å². The first-order valence-electron chi connectivity index (χ1n) is 15.5. The molecule has 0 fully saturated rings. The molecule has 3 nitrogen and oxygen atoms in total. The molecule has 0 N–H and O–H groups in total. The van der Waals surface area contributed by atoms with Crippen LogP contribution in [0.5, 0.6) is 0 Å². The van der Waals surface area contributed by atoms with Gasteiger partial charge in [0, 0.05) is 39.4 Å². The zero-order valence-corrected chi connectivity index (χ0v) is 25.1. The minimum absolute atomic E-state index is 0.697. The minimum Gasteiger partial charge on any atom is -0.256 e. The van der Waals surface area contributed by atoms with Crippen molar-refractivity contribution in [2.24, 2.45) is 0 Å². The standard InChI is InChI=1S/C43H29N3/c1-4-12-33(13-5-1)39-41(35-14-6-2-7-15-35)45-43(46-42(39)36-16-8-3-9-17-36)37-27-23-31(24-28-37)30-21-25-32(26-22-30)38-20-10-18-34-19-11-29-44-40(34)38/h1-29H. The van der Waals surface area contributed by atoms with Crippen molar-refractivity contribution in [3.8, 4) is 67.3 Å². The molecule has 8 aromatic rings. The van der Waals surface area contributed by atoms with Crippen molar-refractivity contribution < 1.29 is 0 Å². The first-order chi connectivity index (χ1) is 22.8. The van der Waals surface area contributed by atoms with Crippen molar-refractivity contribution in [3.63, 3.8) is 0 Å². The van der Waals surface area contributed by atoms with Gasteiger partial charge in [0.2, 0.25) is 0 Å². The fraction of sp³-hybridized carbons (Fsp3) is 0. The number of rotatable bonds is 6. The summed E-state index contributed by atoms with van der Waals surface area (Å²) in [6, 6.07) is 58.9. The molecule has 0 aliphatic carbocycles. The lowest BCUT2D eigenvalue weighted by atomic mass is 9.94. The molecule has 6 aromatic carbocycles. The molecule has 0 atom stereocenters. The molecule has 0 aliphatic rings. The number of benzene rings is 6. The Morgan fingerprint density at radius 3 is 1.37 bits per heavy atom. The Morgan fingerprint density at radius 1 is 0.326 bits per heavy atom. The van der Waals surface area contributed by atoms with Gasteiger partial charge in [0.05, 0.1) is 16.9 Å². The third kappa shape index (κ3) is 5.25. The van der Waals surface area contributed by atoms with Gasteiger partial charge in [-0.25, -0.2) is 9.97 Å². The van der Waals surface area contributed by atoms with E-state index in [1.807, 2.05) is 30.5 Å². The highest BCUT2D eigenvalue weighted by Crippen LogP contribution is 2.39. The largest absolute Gasteiger partial charge is 0.256 e.